The van der Waals surface area contributed by atoms with Crippen molar-refractivity contribution in [1.29, 1.82) is 0 Å². The van der Waals surface area contributed by atoms with Crippen LogP contribution in [0.4, 0.5) is 11.4 Å². The first-order valence-corrected chi connectivity index (χ1v) is 6.55. The predicted octanol–water partition coefficient (Wildman–Crippen LogP) is 3.44. The average molecular weight is 243 g/mol. The van der Waals surface area contributed by atoms with Gasteiger partial charge in [-0.25, -0.2) is 0 Å². The van der Waals surface area contributed by atoms with Crippen LogP contribution in [0.5, 0.6) is 0 Å². The van der Waals surface area contributed by atoms with Gasteiger partial charge in [-0.2, -0.15) is 0 Å². The molecule has 0 aliphatic rings. The molecule has 0 saturated heterocycles. The Morgan fingerprint density at radius 3 is 2.61 bits per heavy atom. The van der Waals surface area contributed by atoms with E-state index in [1.807, 2.05) is 18.2 Å². The van der Waals surface area contributed by atoms with Crippen molar-refractivity contribution in [2.45, 2.75) is 32.7 Å². The normalized spacial score (nSPS) is 11.1. The van der Waals surface area contributed by atoms with Gasteiger partial charge in [0.05, 0.1) is 16.9 Å². The lowest BCUT2D eigenvalue weighted by Crippen LogP contribution is -2.30. The van der Waals surface area contributed by atoms with E-state index >= 15 is 0 Å². The molecule has 1 heterocycles. The van der Waals surface area contributed by atoms with Crippen LogP contribution in [0, 0.1) is 0 Å². The highest BCUT2D eigenvalue weighted by molar-refractivity contribution is 5.97. The molecule has 96 valence electrons. The molecule has 3 heteroatoms. The summed E-state index contributed by atoms with van der Waals surface area (Å²) >= 11 is 0. The zero-order valence-electron chi connectivity index (χ0n) is 11.4. The van der Waals surface area contributed by atoms with Crippen molar-refractivity contribution in [2.24, 2.45) is 0 Å². The third-order valence-corrected chi connectivity index (χ3v) is 3.67. The molecule has 2 N–H and O–H groups in total. The van der Waals surface area contributed by atoms with Crippen LogP contribution in [-0.2, 0) is 0 Å². The van der Waals surface area contributed by atoms with Gasteiger partial charge in [0.15, 0.2) is 0 Å². The Morgan fingerprint density at radius 1 is 1.22 bits per heavy atom. The topological polar surface area (TPSA) is 42.2 Å². The van der Waals surface area contributed by atoms with E-state index in [9.17, 15) is 0 Å². The molecule has 1 aromatic heterocycles. The summed E-state index contributed by atoms with van der Waals surface area (Å²) in [5.74, 6) is 0. The molecule has 1 aromatic carbocycles. The Bertz CT molecular complexity index is 532. The number of anilines is 2. The van der Waals surface area contributed by atoms with Gasteiger partial charge in [-0.1, -0.05) is 13.8 Å². The fourth-order valence-electron chi connectivity index (χ4n) is 2.50. The minimum atomic E-state index is 0.529. The van der Waals surface area contributed by atoms with Gasteiger partial charge < -0.3 is 10.6 Å². The Hall–Kier alpha value is -1.77. The molecule has 0 saturated carbocycles. The molecule has 0 fully saturated rings. The average Bonchev–Trinajstić information content (AvgIpc) is 2.40. The van der Waals surface area contributed by atoms with E-state index in [0.29, 0.717) is 6.04 Å². The lowest BCUT2D eigenvalue weighted by Gasteiger charge is -2.29. The molecule has 0 bridgehead atoms. The second kappa shape index (κ2) is 5.25. The predicted molar refractivity (Wildman–Crippen MR) is 78.9 cm³/mol. The Kier molecular flexibility index (Phi) is 3.70. The van der Waals surface area contributed by atoms with Gasteiger partial charge >= 0.3 is 0 Å². The molecular formula is C15H21N3. The van der Waals surface area contributed by atoms with Gasteiger partial charge in [0.1, 0.15) is 0 Å². The van der Waals surface area contributed by atoms with E-state index < -0.39 is 0 Å². The molecule has 0 radical (unpaired) electrons. The van der Waals surface area contributed by atoms with E-state index in [2.05, 4.69) is 36.8 Å². The Labute approximate surface area is 109 Å². The third-order valence-electron chi connectivity index (χ3n) is 3.67. The monoisotopic (exact) mass is 243 g/mol. The minimum Gasteiger partial charge on any atom is -0.396 e. The first kappa shape index (κ1) is 12.7. The second-order valence-electron chi connectivity index (χ2n) is 4.65. The number of nitrogen functional groups attached to an aromatic ring is 1. The number of hydrogen-bond acceptors (Lipinski definition) is 3. The highest BCUT2D eigenvalue weighted by Gasteiger charge is 2.15. The molecule has 0 spiro atoms. The van der Waals surface area contributed by atoms with Gasteiger partial charge in [0, 0.05) is 24.7 Å². The molecule has 0 amide bonds. The summed E-state index contributed by atoms with van der Waals surface area (Å²) in [7, 11) is 2.12. The van der Waals surface area contributed by atoms with Gasteiger partial charge in [0.25, 0.3) is 0 Å². The standard InChI is InChI=1S/C15H21N3/c1-4-11(5-2)18(3)14-9-8-13-12(15(14)16)7-6-10-17-13/h6-11H,4-5,16H2,1-3H3. The maximum atomic E-state index is 6.29. The molecule has 0 aliphatic carbocycles. The first-order chi connectivity index (χ1) is 8.69. The van der Waals surface area contributed by atoms with E-state index in [-0.39, 0.29) is 0 Å². The Morgan fingerprint density at radius 2 is 1.94 bits per heavy atom. The Balaban J connectivity index is 2.48. The largest absolute Gasteiger partial charge is 0.396 e. The van der Waals surface area contributed by atoms with Gasteiger partial charge in [0.2, 0.25) is 0 Å². The number of nitrogens with two attached hydrogens (primary N) is 1. The van der Waals surface area contributed by atoms with Crippen LogP contribution in [0.1, 0.15) is 26.7 Å². The number of fused-ring (bicyclic) bond motifs is 1. The van der Waals surface area contributed by atoms with E-state index in [1.54, 1.807) is 6.20 Å². The molecule has 2 rings (SSSR count). The molecule has 0 aliphatic heterocycles. The highest BCUT2D eigenvalue weighted by atomic mass is 15.1. The summed E-state index contributed by atoms with van der Waals surface area (Å²) in [6, 6.07) is 8.60. The zero-order valence-corrected chi connectivity index (χ0v) is 11.4. The van der Waals surface area contributed by atoms with Crippen LogP contribution in [0.15, 0.2) is 30.5 Å². The number of rotatable bonds is 4. The summed E-state index contributed by atoms with van der Waals surface area (Å²) in [6.07, 6.45) is 4.04. The van der Waals surface area contributed by atoms with Crippen LogP contribution >= 0.6 is 0 Å². The van der Waals surface area contributed by atoms with Crippen molar-refractivity contribution >= 4 is 22.3 Å². The summed E-state index contributed by atoms with van der Waals surface area (Å²) in [5, 5.41) is 1.04. The smallest absolute Gasteiger partial charge is 0.0724 e. The quantitative estimate of drug-likeness (QED) is 0.836. The van der Waals surface area contributed by atoms with Crippen LogP contribution in [0.2, 0.25) is 0 Å². The molecule has 2 aromatic rings. The van der Waals surface area contributed by atoms with Crippen LogP contribution in [0.3, 0.4) is 0 Å². The van der Waals surface area contributed by atoms with E-state index in [0.717, 1.165) is 35.1 Å². The molecule has 18 heavy (non-hydrogen) atoms. The van der Waals surface area contributed by atoms with Crippen molar-refractivity contribution in [3.8, 4) is 0 Å². The fraction of sp³-hybridized carbons (Fsp3) is 0.400. The van der Waals surface area contributed by atoms with Gasteiger partial charge in [-0.15, -0.1) is 0 Å². The second-order valence-corrected chi connectivity index (χ2v) is 4.65. The number of hydrogen-bond donors (Lipinski definition) is 1. The van der Waals surface area contributed by atoms with Crippen molar-refractivity contribution < 1.29 is 0 Å². The summed E-state index contributed by atoms with van der Waals surface area (Å²) in [5.41, 5.74) is 9.17. The molecule has 3 nitrogen and oxygen atoms in total. The number of benzene rings is 1. The number of aromatic nitrogens is 1. The van der Waals surface area contributed by atoms with Gasteiger partial charge in [-0.3, -0.25) is 4.98 Å². The van der Waals surface area contributed by atoms with Gasteiger partial charge in [-0.05, 0) is 37.1 Å². The van der Waals surface area contributed by atoms with Crippen molar-refractivity contribution in [3.63, 3.8) is 0 Å². The number of pyridine rings is 1. The van der Waals surface area contributed by atoms with Crippen LogP contribution in [0.25, 0.3) is 10.9 Å². The van der Waals surface area contributed by atoms with Crippen LogP contribution in [-0.4, -0.2) is 18.1 Å². The van der Waals surface area contributed by atoms with E-state index in [1.165, 1.54) is 0 Å². The lowest BCUT2D eigenvalue weighted by atomic mass is 10.1. The third kappa shape index (κ3) is 2.13. The summed E-state index contributed by atoms with van der Waals surface area (Å²) in [4.78, 5) is 6.61. The number of nitrogens with zero attached hydrogens (tertiary/aromatic N) is 2. The maximum Gasteiger partial charge on any atom is 0.0724 e. The fourth-order valence-corrected chi connectivity index (χ4v) is 2.50. The maximum absolute atomic E-state index is 6.29. The van der Waals surface area contributed by atoms with Crippen molar-refractivity contribution in [3.05, 3.63) is 30.5 Å². The van der Waals surface area contributed by atoms with E-state index in [4.69, 9.17) is 5.73 Å². The van der Waals surface area contributed by atoms with Crippen molar-refractivity contribution in [2.75, 3.05) is 17.7 Å². The molecular weight excluding hydrogens is 222 g/mol. The zero-order chi connectivity index (χ0) is 13.1. The summed E-state index contributed by atoms with van der Waals surface area (Å²) < 4.78 is 0. The highest BCUT2D eigenvalue weighted by Crippen LogP contribution is 2.31. The minimum absolute atomic E-state index is 0.529. The van der Waals surface area contributed by atoms with Crippen molar-refractivity contribution in [1.82, 2.24) is 4.98 Å². The molecule has 0 atom stereocenters. The molecule has 0 unspecified atom stereocenters. The van der Waals surface area contributed by atoms with Crippen LogP contribution < -0.4 is 10.6 Å². The first-order valence-electron chi connectivity index (χ1n) is 6.55. The lowest BCUT2D eigenvalue weighted by molar-refractivity contribution is 0.592. The SMILES string of the molecule is CCC(CC)N(C)c1ccc2ncccc2c1N. The summed E-state index contributed by atoms with van der Waals surface area (Å²) in [6.45, 7) is 4.42.